The van der Waals surface area contributed by atoms with E-state index in [9.17, 15) is 9.59 Å². The van der Waals surface area contributed by atoms with Gasteiger partial charge in [-0.3, -0.25) is 9.59 Å². The minimum absolute atomic E-state index is 0.0749. The van der Waals surface area contributed by atoms with Crippen LogP contribution in [-0.2, 0) is 20.9 Å². The molecule has 0 saturated carbocycles. The highest BCUT2D eigenvalue weighted by Crippen LogP contribution is 2.41. The minimum atomic E-state index is -0.360. The molecular weight excluding hydrogens is 320 g/mol. The van der Waals surface area contributed by atoms with Gasteiger partial charge in [0.2, 0.25) is 11.8 Å². The number of likely N-dealkylation sites (tertiary alicyclic amines) is 2. The highest BCUT2D eigenvalue weighted by atomic mass is 16.5. The molecule has 4 rings (SSSR count). The standard InChI is InChI=1S/C18H26N4O3/c23-16(12-20-9-6-19-14-20)21-8-5-18(13-21)4-1-7-22(17(18)24)15-2-10-25-11-3-15/h6,9,14-15H,1-5,7-8,10-13H2/t18-/m1/s1. The number of imidazole rings is 1. The molecule has 2 amide bonds. The van der Waals surface area contributed by atoms with E-state index in [1.54, 1.807) is 23.3 Å². The molecule has 1 aromatic rings. The Kier molecular flexibility index (Phi) is 4.50. The summed E-state index contributed by atoms with van der Waals surface area (Å²) in [5.74, 6) is 0.342. The number of hydrogen-bond acceptors (Lipinski definition) is 4. The van der Waals surface area contributed by atoms with Crippen LogP contribution in [0.5, 0.6) is 0 Å². The number of carbonyl (C=O) groups excluding carboxylic acids is 2. The summed E-state index contributed by atoms with van der Waals surface area (Å²) in [6.07, 6.45) is 9.73. The molecular formula is C18H26N4O3. The Morgan fingerprint density at radius 2 is 2.12 bits per heavy atom. The van der Waals surface area contributed by atoms with Crippen LogP contribution in [0.1, 0.15) is 32.1 Å². The van der Waals surface area contributed by atoms with Gasteiger partial charge in [0.05, 0.1) is 11.7 Å². The van der Waals surface area contributed by atoms with Gasteiger partial charge in [-0.05, 0) is 32.1 Å². The molecule has 1 spiro atoms. The van der Waals surface area contributed by atoms with Crippen molar-refractivity contribution in [2.75, 3.05) is 32.8 Å². The first-order chi connectivity index (χ1) is 12.2. The van der Waals surface area contributed by atoms with E-state index in [0.29, 0.717) is 25.7 Å². The predicted molar refractivity (Wildman–Crippen MR) is 90.6 cm³/mol. The van der Waals surface area contributed by atoms with E-state index in [1.165, 1.54) is 0 Å². The fourth-order valence-corrected chi connectivity index (χ4v) is 4.55. The van der Waals surface area contributed by atoms with Crippen LogP contribution in [0.15, 0.2) is 18.7 Å². The molecule has 3 fully saturated rings. The number of hydrogen-bond donors (Lipinski definition) is 0. The molecule has 7 heteroatoms. The molecule has 1 aromatic heterocycles. The molecule has 0 bridgehead atoms. The molecule has 3 aliphatic heterocycles. The second kappa shape index (κ2) is 6.78. The third-order valence-electron chi connectivity index (χ3n) is 5.98. The van der Waals surface area contributed by atoms with Crippen LogP contribution in [0.25, 0.3) is 0 Å². The van der Waals surface area contributed by atoms with E-state index in [-0.39, 0.29) is 17.2 Å². The third kappa shape index (κ3) is 3.17. The normalized spacial score (nSPS) is 28.1. The second-order valence-electron chi connectivity index (χ2n) is 7.53. The molecule has 0 aliphatic carbocycles. The minimum Gasteiger partial charge on any atom is -0.381 e. The highest BCUT2D eigenvalue weighted by molar-refractivity contribution is 5.86. The first-order valence-corrected chi connectivity index (χ1v) is 9.30. The summed E-state index contributed by atoms with van der Waals surface area (Å²) in [5, 5.41) is 0. The molecule has 25 heavy (non-hydrogen) atoms. The van der Waals surface area contributed by atoms with Gasteiger partial charge in [0.1, 0.15) is 6.54 Å². The van der Waals surface area contributed by atoms with Gasteiger partial charge >= 0.3 is 0 Å². The predicted octanol–water partition coefficient (Wildman–Crippen LogP) is 0.903. The smallest absolute Gasteiger partial charge is 0.242 e. The van der Waals surface area contributed by atoms with Crippen LogP contribution in [0, 0.1) is 5.41 Å². The molecule has 3 aliphatic rings. The van der Waals surface area contributed by atoms with Crippen LogP contribution in [-0.4, -0.2) is 70.1 Å². The summed E-state index contributed by atoms with van der Waals surface area (Å²) in [4.78, 5) is 33.8. The number of ether oxygens (including phenoxy) is 1. The monoisotopic (exact) mass is 346 g/mol. The van der Waals surface area contributed by atoms with Crippen molar-refractivity contribution in [3.63, 3.8) is 0 Å². The number of nitrogens with zero attached hydrogens (tertiary/aromatic N) is 4. The van der Waals surface area contributed by atoms with E-state index >= 15 is 0 Å². The van der Waals surface area contributed by atoms with Gasteiger partial charge < -0.3 is 19.1 Å². The zero-order valence-electron chi connectivity index (χ0n) is 14.6. The van der Waals surface area contributed by atoms with Crippen molar-refractivity contribution < 1.29 is 14.3 Å². The van der Waals surface area contributed by atoms with Crippen LogP contribution in [0.4, 0.5) is 0 Å². The van der Waals surface area contributed by atoms with Gasteiger partial charge in [-0.25, -0.2) is 4.98 Å². The fraction of sp³-hybridized carbons (Fsp3) is 0.722. The Hall–Kier alpha value is -1.89. The van der Waals surface area contributed by atoms with E-state index < -0.39 is 0 Å². The van der Waals surface area contributed by atoms with Crippen LogP contribution in [0.3, 0.4) is 0 Å². The van der Waals surface area contributed by atoms with Crippen LogP contribution in [0.2, 0.25) is 0 Å². The van der Waals surface area contributed by atoms with Gasteiger partial charge in [0, 0.05) is 51.3 Å². The Labute approximate surface area is 147 Å². The average Bonchev–Trinajstić information content (AvgIpc) is 3.29. The second-order valence-corrected chi connectivity index (χ2v) is 7.53. The van der Waals surface area contributed by atoms with E-state index in [2.05, 4.69) is 9.88 Å². The first-order valence-electron chi connectivity index (χ1n) is 9.30. The number of amides is 2. The van der Waals surface area contributed by atoms with Crippen LogP contribution >= 0.6 is 0 Å². The lowest BCUT2D eigenvalue weighted by Crippen LogP contribution is -2.55. The molecule has 3 saturated heterocycles. The molecule has 0 radical (unpaired) electrons. The number of piperidine rings is 1. The summed E-state index contributed by atoms with van der Waals surface area (Å²) in [6.45, 7) is 3.90. The summed E-state index contributed by atoms with van der Waals surface area (Å²) in [6, 6.07) is 0.314. The Balaban J connectivity index is 1.42. The maximum absolute atomic E-state index is 13.3. The SMILES string of the molecule is O=C(Cn1ccnc1)N1CC[C@]2(CCCN(C3CCOCC3)C2=O)C1. The Morgan fingerprint density at radius 1 is 1.28 bits per heavy atom. The lowest BCUT2D eigenvalue weighted by Gasteiger charge is -2.44. The van der Waals surface area contributed by atoms with E-state index in [4.69, 9.17) is 4.74 Å². The first kappa shape index (κ1) is 16.6. The largest absolute Gasteiger partial charge is 0.381 e. The molecule has 136 valence electrons. The molecule has 0 N–H and O–H groups in total. The van der Waals surface area contributed by atoms with Gasteiger partial charge in [-0.1, -0.05) is 0 Å². The average molecular weight is 346 g/mol. The topological polar surface area (TPSA) is 67.7 Å². The van der Waals surface area contributed by atoms with Crippen molar-refractivity contribution in [3.05, 3.63) is 18.7 Å². The lowest BCUT2D eigenvalue weighted by atomic mass is 9.77. The van der Waals surface area contributed by atoms with Crippen molar-refractivity contribution in [1.29, 1.82) is 0 Å². The van der Waals surface area contributed by atoms with Crippen molar-refractivity contribution in [3.8, 4) is 0 Å². The van der Waals surface area contributed by atoms with Crippen molar-refractivity contribution in [2.45, 2.75) is 44.7 Å². The van der Waals surface area contributed by atoms with Crippen LogP contribution < -0.4 is 0 Å². The zero-order valence-corrected chi connectivity index (χ0v) is 14.6. The van der Waals surface area contributed by atoms with Gasteiger partial charge in [-0.2, -0.15) is 0 Å². The number of carbonyl (C=O) groups is 2. The summed E-state index contributed by atoms with van der Waals surface area (Å²) in [7, 11) is 0. The highest BCUT2D eigenvalue weighted by Gasteiger charge is 2.50. The van der Waals surface area contributed by atoms with Gasteiger partial charge in [0.25, 0.3) is 0 Å². The summed E-state index contributed by atoms with van der Waals surface area (Å²) >= 11 is 0. The fourth-order valence-electron chi connectivity index (χ4n) is 4.55. The van der Waals surface area contributed by atoms with Gasteiger partial charge in [0.15, 0.2) is 0 Å². The summed E-state index contributed by atoms with van der Waals surface area (Å²) in [5.41, 5.74) is -0.360. The maximum atomic E-state index is 13.3. The Bertz CT molecular complexity index is 626. The van der Waals surface area contributed by atoms with E-state index in [0.717, 1.165) is 51.9 Å². The van der Waals surface area contributed by atoms with E-state index in [1.807, 2.05) is 4.90 Å². The Morgan fingerprint density at radius 3 is 2.88 bits per heavy atom. The van der Waals surface area contributed by atoms with Crippen molar-refractivity contribution >= 4 is 11.8 Å². The maximum Gasteiger partial charge on any atom is 0.242 e. The van der Waals surface area contributed by atoms with Gasteiger partial charge in [-0.15, -0.1) is 0 Å². The molecule has 0 unspecified atom stereocenters. The quantitative estimate of drug-likeness (QED) is 0.816. The molecule has 7 nitrogen and oxygen atoms in total. The zero-order chi connectivity index (χ0) is 17.3. The molecule has 4 heterocycles. The number of aromatic nitrogens is 2. The van der Waals surface area contributed by atoms with Crippen molar-refractivity contribution in [2.24, 2.45) is 5.41 Å². The number of rotatable bonds is 3. The van der Waals surface area contributed by atoms with Crippen molar-refractivity contribution in [1.82, 2.24) is 19.4 Å². The summed E-state index contributed by atoms with van der Waals surface area (Å²) < 4.78 is 7.23. The molecule has 0 aromatic carbocycles. The lowest BCUT2D eigenvalue weighted by molar-refractivity contribution is -0.151. The molecule has 1 atom stereocenters. The third-order valence-corrected chi connectivity index (χ3v) is 5.98.